The number of halogens is 1. The number of carboxylic acid groups (broad SMARTS) is 1. The molecule has 0 unspecified atom stereocenters. The molecule has 4 rings (SSSR count). The number of hydrogen-bond acceptors (Lipinski definition) is 5. The lowest BCUT2D eigenvalue weighted by Gasteiger charge is -2.11. The Morgan fingerprint density at radius 2 is 2.04 bits per heavy atom. The van der Waals surface area contributed by atoms with E-state index in [9.17, 15) is 9.90 Å². The highest BCUT2D eigenvalue weighted by Gasteiger charge is 2.15. The number of anilines is 1. The Morgan fingerprint density at radius 1 is 1.26 bits per heavy atom. The predicted octanol–water partition coefficient (Wildman–Crippen LogP) is 3.85. The molecular formula is C19H15ClN4O3. The molecule has 4 aromatic rings. The number of imidazole rings is 1. The van der Waals surface area contributed by atoms with Crippen molar-refractivity contribution < 1.29 is 14.6 Å². The topological polar surface area (TPSA) is 88.8 Å². The van der Waals surface area contributed by atoms with E-state index in [4.69, 9.17) is 16.3 Å². The van der Waals surface area contributed by atoms with Crippen molar-refractivity contribution in [2.75, 3.05) is 12.4 Å². The first-order chi connectivity index (χ1) is 13.1. The van der Waals surface area contributed by atoms with E-state index in [1.165, 1.54) is 6.07 Å². The SMILES string of the molecule is COc1ccc(CNc2nc3cc(Cl)c(C(=O)O)cc3n3cncc23)cc1. The van der Waals surface area contributed by atoms with Crippen LogP contribution in [0.25, 0.3) is 16.6 Å². The van der Waals surface area contributed by atoms with Crippen molar-refractivity contribution in [3.8, 4) is 5.75 Å². The molecule has 0 atom stereocenters. The van der Waals surface area contributed by atoms with Gasteiger partial charge in [-0.2, -0.15) is 0 Å². The Morgan fingerprint density at radius 3 is 2.74 bits per heavy atom. The molecule has 2 aromatic heterocycles. The normalized spacial score (nSPS) is 11.0. The number of aromatic carboxylic acids is 1. The van der Waals surface area contributed by atoms with Crippen LogP contribution in [0, 0.1) is 0 Å². The molecular weight excluding hydrogens is 368 g/mol. The largest absolute Gasteiger partial charge is 0.497 e. The van der Waals surface area contributed by atoms with Gasteiger partial charge in [0.15, 0.2) is 5.82 Å². The Bertz CT molecular complexity index is 1160. The van der Waals surface area contributed by atoms with Gasteiger partial charge in [0.05, 0.1) is 41.3 Å². The van der Waals surface area contributed by atoms with Gasteiger partial charge in [-0.25, -0.2) is 14.8 Å². The van der Waals surface area contributed by atoms with Crippen molar-refractivity contribution in [3.05, 3.63) is 65.1 Å². The smallest absolute Gasteiger partial charge is 0.337 e. The van der Waals surface area contributed by atoms with E-state index in [-0.39, 0.29) is 10.6 Å². The molecule has 8 heteroatoms. The van der Waals surface area contributed by atoms with Gasteiger partial charge in [0.2, 0.25) is 0 Å². The van der Waals surface area contributed by atoms with Gasteiger partial charge in [0.25, 0.3) is 0 Å². The number of ether oxygens (including phenoxy) is 1. The van der Waals surface area contributed by atoms with E-state index in [2.05, 4.69) is 15.3 Å². The zero-order valence-corrected chi connectivity index (χ0v) is 15.1. The third-order valence-corrected chi connectivity index (χ3v) is 4.60. The number of nitrogens with zero attached hydrogens (tertiary/aromatic N) is 3. The number of fused-ring (bicyclic) bond motifs is 3. The Labute approximate surface area is 159 Å². The average molecular weight is 383 g/mol. The van der Waals surface area contributed by atoms with Crippen LogP contribution in [0.3, 0.4) is 0 Å². The van der Waals surface area contributed by atoms with Gasteiger partial charge in [-0.15, -0.1) is 0 Å². The van der Waals surface area contributed by atoms with E-state index in [0.29, 0.717) is 23.4 Å². The molecule has 0 aliphatic heterocycles. The van der Waals surface area contributed by atoms with E-state index in [1.807, 2.05) is 24.3 Å². The molecule has 0 amide bonds. The fourth-order valence-electron chi connectivity index (χ4n) is 2.90. The van der Waals surface area contributed by atoms with Crippen LogP contribution in [0.5, 0.6) is 5.75 Å². The van der Waals surface area contributed by atoms with Gasteiger partial charge in [-0.3, -0.25) is 4.40 Å². The highest BCUT2D eigenvalue weighted by molar-refractivity contribution is 6.34. The third-order valence-electron chi connectivity index (χ3n) is 4.29. The molecule has 27 heavy (non-hydrogen) atoms. The van der Waals surface area contributed by atoms with Crippen molar-refractivity contribution in [1.29, 1.82) is 0 Å². The number of carbonyl (C=O) groups is 1. The van der Waals surface area contributed by atoms with Crippen LogP contribution in [0.2, 0.25) is 5.02 Å². The van der Waals surface area contributed by atoms with Gasteiger partial charge >= 0.3 is 5.97 Å². The lowest BCUT2D eigenvalue weighted by atomic mass is 10.2. The summed E-state index contributed by atoms with van der Waals surface area (Å²) in [7, 11) is 1.63. The zero-order valence-electron chi connectivity index (χ0n) is 14.3. The lowest BCUT2D eigenvalue weighted by molar-refractivity contribution is 0.0697. The molecule has 2 aromatic carbocycles. The fourth-order valence-corrected chi connectivity index (χ4v) is 3.14. The van der Waals surface area contributed by atoms with Crippen molar-refractivity contribution in [2.45, 2.75) is 6.54 Å². The van der Waals surface area contributed by atoms with Crippen molar-refractivity contribution in [1.82, 2.24) is 14.4 Å². The van der Waals surface area contributed by atoms with Crippen molar-refractivity contribution in [2.24, 2.45) is 0 Å². The molecule has 7 nitrogen and oxygen atoms in total. The maximum atomic E-state index is 11.4. The average Bonchev–Trinajstić information content (AvgIpc) is 3.16. The van der Waals surface area contributed by atoms with Gasteiger partial charge in [0, 0.05) is 6.54 Å². The number of carboxylic acids is 1. The van der Waals surface area contributed by atoms with Crippen LogP contribution in [-0.2, 0) is 6.54 Å². The quantitative estimate of drug-likeness (QED) is 0.545. The summed E-state index contributed by atoms with van der Waals surface area (Å²) in [5.41, 5.74) is 3.04. The predicted molar refractivity (Wildman–Crippen MR) is 103 cm³/mol. The van der Waals surface area contributed by atoms with E-state index >= 15 is 0 Å². The first kappa shape index (κ1) is 17.1. The van der Waals surface area contributed by atoms with Gasteiger partial charge in [-0.05, 0) is 29.8 Å². The minimum Gasteiger partial charge on any atom is -0.497 e. The zero-order chi connectivity index (χ0) is 19.0. The summed E-state index contributed by atoms with van der Waals surface area (Å²) in [6, 6.07) is 10.8. The summed E-state index contributed by atoms with van der Waals surface area (Å²) in [4.78, 5) is 20.1. The number of nitrogens with one attached hydrogen (secondary N) is 1. The summed E-state index contributed by atoms with van der Waals surface area (Å²) < 4.78 is 6.96. The van der Waals surface area contributed by atoms with E-state index in [0.717, 1.165) is 16.8 Å². The van der Waals surface area contributed by atoms with Crippen molar-refractivity contribution in [3.63, 3.8) is 0 Å². The number of hydrogen-bond donors (Lipinski definition) is 2. The second kappa shape index (κ2) is 6.77. The highest BCUT2D eigenvalue weighted by Crippen LogP contribution is 2.27. The standard InChI is InChI=1S/C19H15ClN4O3/c1-27-12-4-2-11(3-5-12)8-22-18-17-9-21-10-24(17)16-6-13(19(25)26)14(20)7-15(16)23-18/h2-7,9-10H,8H2,1H3,(H,22,23)(H,25,26). The molecule has 0 saturated heterocycles. The van der Waals surface area contributed by atoms with Gasteiger partial charge in [-0.1, -0.05) is 23.7 Å². The van der Waals surface area contributed by atoms with Crippen LogP contribution in [0.4, 0.5) is 5.82 Å². The summed E-state index contributed by atoms with van der Waals surface area (Å²) in [5.74, 6) is 0.344. The van der Waals surface area contributed by atoms with Crippen molar-refractivity contribution >= 4 is 39.9 Å². The molecule has 0 radical (unpaired) electrons. The molecule has 0 bridgehead atoms. The highest BCUT2D eigenvalue weighted by atomic mass is 35.5. The fraction of sp³-hybridized carbons (Fsp3) is 0.105. The van der Waals surface area contributed by atoms with Crippen LogP contribution >= 0.6 is 11.6 Å². The second-order valence-corrected chi connectivity index (χ2v) is 6.34. The maximum Gasteiger partial charge on any atom is 0.337 e. The number of benzene rings is 2. The monoisotopic (exact) mass is 382 g/mol. The summed E-state index contributed by atoms with van der Waals surface area (Å²) in [6.45, 7) is 0.560. The summed E-state index contributed by atoms with van der Waals surface area (Å²) >= 11 is 6.10. The number of aromatic nitrogens is 3. The molecule has 2 N–H and O–H groups in total. The Kier molecular flexibility index (Phi) is 4.29. The van der Waals surface area contributed by atoms with Crippen LogP contribution in [0.15, 0.2) is 48.9 Å². The maximum absolute atomic E-state index is 11.4. The molecule has 2 heterocycles. The minimum absolute atomic E-state index is 0.0277. The van der Waals surface area contributed by atoms with Gasteiger partial charge < -0.3 is 15.2 Å². The Balaban J connectivity index is 1.74. The molecule has 0 fully saturated rings. The first-order valence-electron chi connectivity index (χ1n) is 8.12. The number of rotatable bonds is 5. The van der Waals surface area contributed by atoms with Crippen LogP contribution in [-0.4, -0.2) is 32.6 Å². The minimum atomic E-state index is -1.09. The second-order valence-electron chi connectivity index (χ2n) is 5.94. The van der Waals surface area contributed by atoms with Gasteiger partial charge in [0.1, 0.15) is 11.3 Å². The third kappa shape index (κ3) is 3.13. The van der Waals surface area contributed by atoms with E-state index < -0.39 is 5.97 Å². The van der Waals surface area contributed by atoms with Crippen LogP contribution < -0.4 is 10.1 Å². The summed E-state index contributed by atoms with van der Waals surface area (Å²) in [6.07, 6.45) is 3.30. The van der Waals surface area contributed by atoms with Crippen LogP contribution in [0.1, 0.15) is 15.9 Å². The lowest BCUT2D eigenvalue weighted by Crippen LogP contribution is -2.05. The van der Waals surface area contributed by atoms with E-state index in [1.54, 1.807) is 30.1 Å². The number of methoxy groups -OCH3 is 1. The molecule has 0 spiro atoms. The first-order valence-corrected chi connectivity index (χ1v) is 8.50. The molecule has 0 aliphatic rings. The Hall–Kier alpha value is -3.32. The molecule has 0 saturated carbocycles. The summed E-state index contributed by atoms with van der Waals surface area (Å²) in [5, 5.41) is 12.7. The molecule has 0 aliphatic carbocycles. The molecule has 136 valence electrons.